The van der Waals surface area contributed by atoms with Gasteiger partial charge in [-0.15, -0.1) is 0 Å². The highest BCUT2D eigenvalue weighted by Crippen LogP contribution is 2.19. The molecule has 0 aromatic heterocycles. The van der Waals surface area contributed by atoms with Gasteiger partial charge in [0.15, 0.2) is 0 Å². The molecule has 0 N–H and O–H groups in total. The normalized spacial score (nSPS) is 18.2. The highest BCUT2D eigenvalue weighted by molar-refractivity contribution is 5.81. The second-order valence-electron chi connectivity index (χ2n) is 5.41. The smallest absolute Gasteiger partial charge is 0.239 e. The van der Waals surface area contributed by atoms with Gasteiger partial charge in [-0.1, -0.05) is 6.07 Å². The van der Waals surface area contributed by atoms with Crippen LogP contribution >= 0.6 is 0 Å². The highest BCUT2D eigenvalue weighted by Gasteiger charge is 2.31. The third-order valence-corrected chi connectivity index (χ3v) is 3.70. The summed E-state index contributed by atoms with van der Waals surface area (Å²) in [6, 6.07) is 9.20. The Morgan fingerprint density at radius 2 is 2.33 bits per heavy atom. The molecule has 21 heavy (non-hydrogen) atoms. The van der Waals surface area contributed by atoms with Crippen molar-refractivity contribution in [3.63, 3.8) is 0 Å². The first-order valence-corrected chi connectivity index (χ1v) is 7.20. The molecule has 1 saturated heterocycles. The van der Waals surface area contributed by atoms with E-state index in [9.17, 15) is 4.79 Å². The molecule has 0 saturated carbocycles. The molecule has 5 nitrogen and oxygen atoms in total. The van der Waals surface area contributed by atoms with Crippen molar-refractivity contribution >= 4 is 5.91 Å². The molecule has 1 amide bonds. The molecule has 2 rings (SSSR count). The number of ether oxygens (including phenoxy) is 1. The molecule has 1 fully saturated rings. The number of hydrogen-bond acceptors (Lipinski definition) is 4. The molecule has 0 spiro atoms. The standard InChI is InChI=1S/C16H21N3O2/c1-18(2)16(20)15-7-4-8-19(15)9-10-21-14-6-3-5-13(11-14)12-17/h3,5-6,11,15H,4,7-10H2,1-2H3. The minimum Gasteiger partial charge on any atom is -0.492 e. The molecule has 0 bridgehead atoms. The Morgan fingerprint density at radius 3 is 3.05 bits per heavy atom. The molecular weight excluding hydrogens is 266 g/mol. The van der Waals surface area contributed by atoms with Gasteiger partial charge < -0.3 is 9.64 Å². The molecule has 1 aliphatic heterocycles. The van der Waals surface area contributed by atoms with Gasteiger partial charge in [0.25, 0.3) is 0 Å². The van der Waals surface area contributed by atoms with Gasteiger partial charge in [-0.2, -0.15) is 5.26 Å². The number of amides is 1. The number of hydrogen-bond donors (Lipinski definition) is 0. The van der Waals surface area contributed by atoms with Gasteiger partial charge in [0, 0.05) is 20.6 Å². The largest absolute Gasteiger partial charge is 0.492 e. The number of likely N-dealkylation sites (N-methyl/N-ethyl adjacent to an activating group) is 1. The van der Waals surface area contributed by atoms with Crippen LogP contribution in [-0.2, 0) is 4.79 Å². The summed E-state index contributed by atoms with van der Waals surface area (Å²) >= 11 is 0. The summed E-state index contributed by atoms with van der Waals surface area (Å²) in [7, 11) is 3.59. The Balaban J connectivity index is 1.85. The molecule has 1 aromatic rings. The van der Waals surface area contributed by atoms with Gasteiger partial charge in [0.1, 0.15) is 12.4 Å². The second kappa shape index (κ2) is 7.09. The van der Waals surface area contributed by atoms with Gasteiger partial charge in [-0.3, -0.25) is 9.69 Å². The number of carbonyl (C=O) groups is 1. The lowest BCUT2D eigenvalue weighted by Crippen LogP contribution is -2.44. The molecule has 1 unspecified atom stereocenters. The summed E-state index contributed by atoms with van der Waals surface area (Å²) < 4.78 is 5.68. The van der Waals surface area contributed by atoms with Crippen molar-refractivity contribution in [2.24, 2.45) is 0 Å². The average Bonchev–Trinajstić information content (AvgIpc) is 2.95. The molecule has 1 aromatic carbocycles. The number of likely N-dealkylation sites (tertiary alicyclic amines) is 1. The Hall–Kier alpha value is -2.06. The molecule has 0 aliphatic carbocycles. The van der Waals surface area contributed by atoms with Gasteiger partial charge >= 0.3 is 0 Å². The van der Waals surface area contributed by atoms with E-state index in [1.165, 1.54) is 0 Å². The molecule has 1 atom stereocenters. The van der Waals surface area contributed by atoms with Crippen LogP contribution in [0.25, 0.3) is 0 Å². The van der Waals surface area contributed by atoms with Crippen molar-refractivity contribution < 1.29 is 9.53 Å². The maximum atomic E-state index is 12.1. The minimum absolute atomic E-state index is 0.0194. The molecule has 5 heteroatoms. The average molecular weight is 287 g/mol. The summed E-state index contributed by atoms with van der Waals surface area (Å²) in [4.78, 5) is 15.9. The number of carbonyl (C=O) groups excluding carboxylic acids is 1. The van der Waals surface area contributed by atoms with E-state index in [0.29, 0.717) is 17.9 Å². The lowest BCUT2D eigenvalue weighted by atomic mass is 10.2. The van der Waals surface area contributed by atoms with Crippen LogP contribution in [0, 0.1) is 11.3 Å². The van der Waals surface area contributed by atoms with Crippen molar-refractivity contribution in [1.82, 2.24) is 9.80 Å². The minimum atomic E-state index is -0.0194. The first kappa shape index (κ1) is 15.3. The number of nitriles is 1. The van der Waals surface area contributed by atoms with Crippen molar-refractivity contribution in [3.8, 4) is 11.8 Å². The van der Waals surface area contributed by atoms with E-state index in [0.717, 1.165) is 25.9 Å². The van der Waals surface area contributed by atoms with E-state index in [2.05, 4.69) is 11.0 Å². The summed E-state index contributed by atoms with van der Waals surface area (Å²) in [5.74, 6) is 0.864. The van der Waals surface area contributed by atoms with E-state index in [1.54, 1.807) is 31.1 Å². The van der Waals surface area contributed by atoms with Crippen LogP contribution in [-0.4, -0.2) is 55.5 Å². The molecule has 0 radical (unpaired) electrons. The van der Waals surface area contributed by atoms with Crippen molar-refractivity contribution in [2.75, 3.05) is 33.8 Å². The number of benzene rings is 1. The predicted molar refractivity (Wildman–Crippen MR) is 79.9 cm³/mol. The Bertz CT molecular complexity index is 537. The molecule has 1 aliphatic rings. The topological polar surface area (TPSA) is 56.6 Å². The van der Waals surface area contributed by atoms with Crippen molar-refractivity contribution in [1.29, 1.82) is 5.26 Å². The molecule has 1 heterocycles. The van der Waals surface area contributed by atoms with Gasteiger partial charge in [0.2, 0.25) is 5.91 Å². The summed E-state index contributed by atoms with van der Waals surface area (Å²) in [5.41, 5.74) is 0.592. The van der Waals surface area contributed by atoms with E-state index < -0.39 is 0 Å². The van der Waals surface area contributed by atoms with E-state index >= 15 is 0 Å². The van der Waals surface area contributed by atoms with Crippen LogP contribution in [0.5, 0.6) is 5.75 Å². The fourth-order valence-electron chi connectivity index (χ4n) is 2.61. The fourth-order valence-corrected chi connectivity index (χ4v) is 2.61. The van der Waals surface area contributed by atoms with Crippen LogP contribution in [0.3, 0.4) is 0 Å². The predicted octanol–water partition coefficient (Wildman–Crippen LogP) is 1.49. The summed E-state index contributed by atoms with van der Waals surface area (Å²) in [6.07, 6.45) is 1.97. The van der Waals surface area contributed by atoms with Gasteiger partial charge in [-0.25, -0.2) is 0 Å². The maximum Gasteiger partial charge on any atom is 0.239 e. The zero-order chi connectivity index (χ0) is 15.2. The van der Waals surface area contributed by atoms with Crippen LogP contribution in [0.15, 0.2) is 24.3 Å². The SMILES string of the molecule is CN(C)C(=O)C1CCCN1CCOc1cccc(C#N)c1. The third-order valence-electron chi connectivity index (χ3n) is 3.70. The third kappa shape index (κ3) is 3.96. The monoisotopic (exact) mass is 287 g/mol. The lowest BCUT2D eigenvalue weighted by molar-refractivity contribution is -0.133. The van der Waals surface area contributed by atoms with E-state index in [1.807, 2.05) is 12.1 Å². The quantitative estimate of drug-likeness (QED) is 0.823. The van der Waals surface area contributed by atoms with Crippen LogP contribution in [0.2, 0.25) is 0 Å². The zero-order valence-corrected chi connectivity index (χ0v) is 12.6. The van der Waals surface area contributed by atoms with Crippen molar-refractivity contribution in [2.45, 2.75) is 18.9 Å². The first-order valence-electron chi connectivity index (χ1n) is 7.20. The van der Waals surface area contributed by atoms with Crippen LogP contribution in [0.4, 0.5) is 0 Å². The van der Waals surface area contributed by atoms with Crippen molar-refractivity contribution in [3.05, 3.63) is 29.8 Å². The lowest BCUT2D eigenvalue weighted by Gasteiger charge is -2.25. The first-order chi connectivity index (χ1) is 10.1. The van der Waals surface area contributed by atoms with E-state index in [4.69, 9.17) is 10.00 Å². The Labute approximate surface area is 125 Å². The fraction of sp³-hybridized carbons (Fsp3) is 0.500. The summed E-state index contributed by atoms with van der Waals surface area (Å²) in [5, 5.41) is 8.85. The van der Waals surface area contributed by atoms with Gasteiger partial charge in [-0.05, 0) is 37.6 Å². The zero-order valence-electron chi connectivity index (χ0n) is 12.6. The van der Waals surface area contributed by atoms with Gasteiger partial charge in [0.05, 0.1) is 17.7 Å². The summed E-state index contributed by atoms with van der Waals surface area (Å²) in [6.45, 7) is 2.18. The molecular formula is C16H21N3O2. The molecule has 112 valence electrons. The second-order valence-corrected chi connectivity index (χ2v) is 5.41. The number of rotatable bonds is 5. The van der Waals surface area contributed by atoms with Crippen LogP contribution in [0.1, 0.15) is 18.4 Å². The number of nitrogens with zero attached hydrogens (tertiary/aromatic N) is 3. The van der Waals surface area contributed by atoms with Crippen LogP contribution < -0.4 is 4.74 Å². The maximum absolute atomic E-state index is 12.1. The van der Waals surface area contributed by atoms with E-state index in [-0.39, 0.29) is 11.9 Å². The Kier molecular flexibility index (Phi) is 5.18. The highest BCUT2D eigenvalue weighted by atomic mass is 16.5. The Morgan fingerprint density at radius 1 is 1.52 bits per heavy atom.